The number of benzene rings is 2. The number of rotatable bonds is 6. The number of aliphatic hydroxyl groups is 1. The van der Waals surface area contributed by atoms with Crippen LogP contribution in [0.15, 0.2) is 53.4 Å². The molecule has 3 nitrogen and oxygen atoms in total. The Labute approximate surface area is 166 Å². The Balaban J connectivity index is 1.45. The second-order valence-electron chi connectivity index (χ2n) is 6.73. The summed E-state index contributed by atoms with van der Waals surface area (Å²) in [7, 11) is 0. The second kappa shape index (κ2) is 9.15. The van der Waals surface area contributed by atoms with Crippen molar-refractivity contribution < 1.29 is 22.7 Å². The van der Waals surface area contributed by atoms with Crippen molar-refractivity contribution in [2.75, 3.05) is 43.4 Å². The van der Waals surface area contributed by atoms with Crippen molar-refractivity contribution in [2.45, 2.75) is 17.2 Å². The zero-order valence-electron chi connectivity index (χ0n) is 15.2. The van der Waals surface area contributed by atoms with E-state index in [0.29, 0.717) is 49.1 Å². The fraction of sp³-hybridized carbons (Fsp3) is 0.400. The van der Waals surface area contributed by atoms with Gasteiger partial charge in [0.25, 0.3) is 0 Å². The van der Waals surface area contributed by atoms with Crippen molar-refractivity contribution in [3.05, 3.63) is 59.9 Å². The summed E-state index contributed by atoms with van der Waals surface area (Å²) in [5, 5.41) is 10.3. The maximum Gasteiger partial charge on any atom is 0.416 e. The zero-order valence-corrected chi connectivity index (χ0v) is 16.0. The Morgan fingerprint density at radius 2 is 1.71 bits per heavy atom. The van der Waals surface area contributed by atoms with E-state index in [2.05, 4.69) is 4.90 Å². The average molecular weight is 414 g/mol. The van der Waals surface area contributed by atoms with E-state index < -0.39 is 17.8 Å². The standard InChI is InChI=1S/C20H22F4N2OS/c21-18-6-1-2-7-19(18)26-10-8-25(9-11-26)13-16(27)14-28-17-5-3-4-15(12-17)20(22,23)24/h1-7,12,16,27H,8-11,13-14H2/t16-/m0/s1. The number of aliphatic hydroxyl groups excluding tert-OH is 1. The van der Waals surface area contributed by atoms with Gasteiger partial charge in [0.15, 0.2) is 0 Å². The molecule has 0 aromatic heterocycles. The van der Waals surface area contributed by atoms with Gasteiger partial charge in [0.1, 0.15) is 5.82 Å². The molecule has 0 unspecified atom stereocenters. The van der Waals surface area contributed by atoms with Crippen LogP contribution < -0.4 is 4.90 Å². The fourth-order valence-electron chi connectivity index (χ4n) is 3.18. The van der Waals surface area contributed by atoms with Crippen LogP contribution in [0.4, 0.5) is 23.2 Å². The summed E-state index contributed by atoms with van der Waals surface area (Å²) < 4.78 is 52.2. The molecule has 152 valence electrons. The van der Waals surface area contributed by atoms with E-state index in [4.69, 9.17) is 0 Å². The number of halogens is 4. The molecule has 1 saturated heterocycles. The molecular weight excluding hydrogens is 392 g/mol. The lowest BCUT2D eigenvalue weighted by atomic mass is 10.2. The van der Waals surface area contributed by atoms with Gasteiger partial charge in [-0.25, -0.2) is 4.39 Å². The highest BCUT2D eigenvalue weighted by Gasteiger charge is 2.30. The van der Waals surface area contributed by atoms with Crippen molar-refractivity contribution in [1.82, 2.24) is 4.90 Å². The molecule has 0 bridgehead atoms. The van der Waals surface area contributed by atoms with Crippen molar-refractivity contribution >= 4 is 17.4 Å². The number of hydrogen-bond donors (Lipinski definition) is 1. The molecule has 2 aromatic carbocycles. The molecule has 3 rings (SSSR count). The summed E-state index contributed by atoms with van der Waals surface area (Å²) in [6, 6.07) is 11.8. The molecule has 1 atom stereocenters. The maximum absolute atomic E-state index is 13.9. The first kappa shape index (κ1) is 21.0. The summed E-state index contributed by atoms with van der Waals surface area (Å²) in [6.45, 7) is 3.15. The highest BCUT2D eigenvalue weighted by Crippen LogP contribution is 2.32. The number of nitrogens with zero attached hydrogens (tertiary/aromatic N) is 2. The highest BCUT2D eigenvalue weighted by atomic mass is 32.2. The summed E-state index contributed by atoms with van der Waals surface area (Å²) in [6.07, 6.45) is -5.02. The largest absolute Gasteiger partial charge is 0.416 e. The molecule has 0 saturated carbocycles. The van der Waals surface area contributed by atoms with E-state index in [-0.39, 0.29) is 5.82 Å². The van der Waals surface area contributed by atoms with Gasteiger partial charge in [-0.3, -0.25) is 4.90 Å². The number of thioether (sulfide) groups is 1. The van der Waals surface area contributed by atoms with Gasteiger partial charge >= 0.3 is 6.18 Å². The summed E-state index contributed by atoms with van der Waals surface area (Å²) in [5.41, 5.74) is -0.0981. The Hall–Kier alpha value is -1.77. The molecule has 0 spiro atoms. The highest BCUT2D eigenvalue weighted by molar-refractivity contribution is 7.99. The van der Waals surface area contributed by atoms with Crippen LogP contribution in [-0.4, -0.2) is 54.6 Å². The number of anilines is 1. The molecule has 1 aliphatic heterocycles. The van der Waals surface area contributed by atoms with Crippen LogP contribution in [-0.2, 0) is 6.18 Å². The number of piperazine rings is 1. The molecule has 1 fully saturated rings. The molecule has 1 heterocycles. The smallest absolute Gasteiger partial charge is 0.391 e. The van der Waals surface area contributed by atoms with Crippen LogP contribution in [0.1, 0.15) is 5.56 Å². The predicted molar refractivity (Wildman–Crippen MR) is 103 cm³/mol. The SMILES string of the molecule is O[C@H](CSc1cccc(C(F)(F)F)c1)CN1CCN(c2ccccc2F)CC1. The first-order valence-corrected chi connectivity index (χ1v) is 10.0. The first-order chi connectivity index (χ1) is 13.3. The van der Waals surface area contributed by atoms with E-state index in [1.165, 1.54) is 23.9 Å². The van der Waals surface area contributed by atoms with Crippen molar-refractivity contribution in [3.63, 3.8) is 0 Å². The summed E-state index contributed by atoms with van der Waals surface area (Å²) >= 11 is 1.21. The minimum atomic E-state index is -4.37. The molecule has 0 amide bonds. The molecule has 28 heavy (non-hydrogen) atoms. The Bertz CT molecular complexity index is 779. The zero-order chi connectivity index (χ0) is 20.1. The van der Waals surface area contributed by atoms with Crippen LogP contribution in [0.2, 0.25) is 0 Å². The monoisotopic (exact) mass is 414 g/mol. The van der Waals surface area contributed by atoms with Crippen molar-refractivity contribution in [3.8, 4) is 0 Å². The molecule has 8 heteroatoms. The minimum absolute atomic E-state index is 0.242. The van der Waals surface area contributed by atoms with Gasteiger partial charge in [0, 0.05) is 43.4 Å². The van der Waals surface area contributed by atoms with Gasteiger partial charge in [-0.1, -0.05) is 18.2 Å². The number of hydrogen-bond acceptors (Lipinski definition) is 4. The first-order valence-electron chi connectivity index (χ1n) is 9.03. The third-order valence-corrected chi connectivity index (χ3v) is 5.78. The van der Waals surface area contributed by atoms with Crippen molar-refractivity contribution in [2.24, 2.45) is 0 Å². The van der Waals surface area contributed by atoms with Crippen LogP contribution in [0.3, 0.4) is 0 Å². The van der Waals surface area contributed by atoms with Crippen LogP contribution in [0.25, 0.3) is 0 Å². The van der Waals surface area contributed by atoms with E-state index in [0.717, 1.165) is 12.1 Å². The number of para-hydroxylation sites is 1. The van der Waals surface area contributed by atoms with Gasteiger partial charge in [-0.2, -0.15) is 13.2 Å². The lowest BCUT2D eigenvalue weighted by Crippen LogP contribution is -2.49. The molecular formula is C20H22F4N2OS. The van der Waals surface area contributed by atoms with Crippen LogP contribution >= 0.6 is 11.8 Å². The fourth-order valence-corrected chi connectivity index (χ4v) is 4.06. The Morgan fingerprint density at radius 3 is 2.39 bits per heavy atom. The summed E-state index contributed by atoms with van der Waals surface area (Å²) in [5.74, 6) is 0.0722. The van der Waals surface area contributed by atoms with Gasteiger partial charge in [-0.05, 0) is 30.3 Å². The normalized spacial score (nSPS) is 17.0. The van der Waals surface area contributed by atoms with E-state index in [9.17, 15) is 22.7 Å². The minimum Gasteiger partial charge on any atom is -0.391 e. The van der Waals surface area contributed by atoms with Gasteiger partial charge in [0.05, 0.1) is 17.4 Å². The quantitative estimate of drug-likeness (QED) is 0.568. The van der Waals surface area contributed by atoms with E-state index in [1.807, 2.05) is 4.90 Å². The van der Waals surface area contributed by atoms with E-state index >= 15 is 0 Å². The molecule has 1 aliphatic rings. The average Bonchev–Trinajstić information content (AvgIpc) is 2.67. The second-order valence-corrected chi connectivity index (χ2v) is 7.82. The third-order valence-electron chi connectivity index (χ3n) is 4.64. The lowest BCUT2D eigenvalue weighted by molar-refractivity contribution is -0.137. The molecule has 2 aromatic rings. The maximum atomic E-state index is 13.9. The third kappa shape index (κ3) is 5.62. The Kier molecular flexibility index (Phi) is 6.85. The van der Waals surface area contributed by atoms with Gasteiger partial charge < -0.3 is 10.0 Å². The van der Waals surface area contributed by atoms with Crippen molar-refractivity contribution in [1.29, 1.82) is 0 Å². The number of alkyl halides is 3. The van der Waals surface area contributed by atoms with Crippen LogP contribution in [0.5, 0.6) is 0 Å². The molecule has 0 aliphatic carbocycles. The lowest BCUT2D eigenvalue weighted by Gasteiger charge is -2.37. The van der Waals surface area contributed by atoms with Gasteiger partial charge in [-0.15, -0.1) is 11.8 Å². The van der Waals surface area contributed by atoms with E-state index in [1.54, 1.807) is 24.3 Å². The number of β-amino-alcohol motifs (C(OH)–C–C–N with tert-alkyl or cyclic N) is 1. The van der Waals surface area contributed by atoms with Gasteiger partial charge in [0.2, 0.25) is 0 Å². The summed E-state index contributed by atoms with van der Waals surface area (Å²) in [4.78, 5) is 4.56. The predicted octanol–water partition coefficient (Wildman–Crippen LogP) is 4.12. The molecule has 0 radical (unpaired) electrons. The Morgan fingerprint density at radius 1 is 1.00 bits per heavy atom. The molecule has 1 N–H and O–H groups in total. The topological polar surface area (TPSA) is 26.7 Å². The van der Waals surface area contributed by atoms with Crippen LogP contribution in [0, 0.1) is 5.82 Å².